The maximum atomic E-state index is 11.6. The van der Waals surface area contributed by atoms with Gasteiger partial charge in [0.15, 0.2) is 17.6 Å². The SMILES string of the molecule is CC(C)(C)OC(=O)NCC1COc2c(Br)sc(Br)c2O1. The Morgan fingerprint density at radius 2 is 2.05 bits per heavy atom. The summed E-state index contributed by atoms with van der Waals surface area (Å²) < 4.78 is 18.4. The Labute approximate surface area is 138 Å². The van der Waals surface area contributed by atoms with Gasteiger partial charge in [-0.2, -0.15) is 0 Å². The molecule has 0 spiro atoms. The van der Waals surface area contributed by atoms with E-state index in [2.05, 4.69) is 37.2 Å². The van der Waals surface area contributed by atoms with Gasteiger partial charge < -0.3 is 19.5 Å². The van der Waals surface area contributed by atoms with Gasteiger partial charge in [-0.05, 0) is 52.6 Å². The molecule has 2 heterocycles. The Hall–Kier alpha value is -0.470. The molecule has 5 nitrogen and oxygen atoms in total. The summed E-state index contributed by atoms with van der Waals surface area (Å²) in [5, 5.41) is 2.68. The predicted molar refractivity (Wildman–Crippen MR) is 83.9 cm³/mol. The van der Waals surface area contributed by atoms with E-state index in [4.69, 9.17) is 14.2 Å². The normalized spacial score (nSPS) is 17.8. The number of fused-ring (bicyclic) bond motifs is 1. The number of alkyl carbamates (subject to hydrolysis) is 1. The summed E-state index contributed by atoms with van der Waals surface area (Å²) in [4.78, 5) is 11.6. The second-order valence-electron chi connectivity index (χ2n) is 5.24. The maximum Gasteiger partial charge on any atom is 0.407 e. The minimum Gasteiger partial charge on any atom is -0.484 e. The van der Waals surface area contributed by atoms with E-state index in [1.807, 2.05) is 20.8 Å². The highest BCUT2D eigenvalue weighted by Gasteiger charge is 2.28. The van der Waals surface area contributed by atoms with Crippen molar-refractivity contribution in [3.8, 4) is 11.5 Å². The molecule has 0 saturated heterocycles. The van der Waals surface area contributed by atoms with Crippen LogP contribution in [0.15, 0.2) is 7.57 Å². The number of hydrogen-bond donors (Lipinski definition) is 1. The second kappa shape index (κ2) is 6.11. The number of thiophene rings is 1. The van der Waals surface area contributed by atoms with Crippen LogP contribution in [-0.2, 0) is 4.74 Å². The zero-order valence-corrected chi connectivity index (χ0v) is 15.3. The molecule has 2 rings (SSSR count). The monoisotopic (exact) mass is 427 g/mol. The third-order valence-electron chi connectivity index (χ3n) is 2.31. The Bertz CT molecular complexity index is 512. The number of nitrogens with one attached hydrogen (secondary N) is 1. The van der Waals surface area contributed by atoms with Crippen molar-refractivity contribution in [1.29, 1.82) is 0 Å². The molecule has 20 heavy (non-hydrogen) atoms. The molecule has 1 atom stereocenters. The standard InChI is InChI=1S/C12H15Br2NO4S/c1-12(2,3)19-11(16)15-4-6-5-17-7-8(18-6)10(14)20-9(7)13/h6H,4-5H2,1-3H3,(H,15,16). The van der Waals surface area contributed by atoms with Gasteiger partial charge in [0.05, 0.1) is 6.54 Å². The lowest BCUT2D eigenvalue weighted by molar-refractivity contribution is 0.0452. The van der Waals surface area contributed by atoms with Gasteiger partial charge >= 0.3 is 6.09 Å². The van der Waals surface area contributed by atoms with E-state index in [1.54, 1.807) is 0 Å². The summed E-state index contributed by atoms with van der Waals surface area (Å²) in [5.41, 5.74) is -0.511. The molecule has 0 radical (unpaired) electrons. The Morgan fingerprint density at radius 3 is 2.70 bits per heavy atom. The van der Waals surface area contributed by atoms with Crippen LogP contribution in [0.3, 0.4) is 0 Å². The van der Waals surface area contributed by atoms with E-state index in [1.165, 1.54) is 11.3 Å². The molecule has 1 amide bonds. The van der Waals surface area contributed by atoms with Crippen molar-refractivity contribution >= 4 is 49.3 Å². The van der Waals surface area contributed by atoms with Gasteiger partial charge in [-0.1, -0.05) is 0 Å². The van der Waals surface area contributed by atoms with Crippen molar-refractivity contribution in [2.75, 3.05) is 13.2 Å². The van der Waals surface area contributed by atoms with Crippen molar-refractivity contribution in [2.24, 2.45) is 0 Å². The van der Waals surface area contributed by atoms with Gasteiger partial charge in [-0.25, -0.2) is 4.79 Å². The zero-order chi connectivity index (χ0) is 14.9. The van der Waals surface area contributed by atoms with Crippen LogP contribution in [-0.4, -0.2) is 30.9 Å². The van der Waals surface area contributed by atoms with E-state index in [0.717, 1.165) is 7.57 Å². The molecule has 0 aromatic carbocycles. The van der Waals surface area contributed by atoms with Gasteiger partial charge in [0, 0.05) is 0 Å². The Morgan fingerprint density at radius 1 is 1.40 bits per heavy atom. The molecular weight excluding hydrogens is 414 g/mol. The van der Waals surface area contributed by atoms with Crippen LogP contribution in [0.25, 0.3) is 0 Å². The fourth-order valence-corrected chi connectivity index (χ4v) is 4.39. The molecule has 1 aliphatic rings. The van der Waals surface area contributed by atoms with Gasteiger partial charge in [0.2, 0.25) is 0 Å². The third kappa shape index (κ3) is 4.02. The largest absolute Gasteiger partial charge is 0.484 e. The van der Waals surface area contributed by atoms with Gasteiger partial charge in [0.25, 0.3) is 0 Å². The Balaban J connectivity index is 1.88. The van der Waals surface area contributed by atoms with Crippen LogP contribution in [0.2, 0.25) is 0 Å². The first kappa shape index (κ1) is 15.9. The van der Waals surface area contributed by atoms with Gasteiger partial charge in [-0.3, -0.25) is 0 Å². The van der Waals surface area contributed by atoms with Crippen molar-refractivity contribution < 1.29 is 19.0 Å². The van der Waals surface area contributed by atoms with Crippen LogP contribution < -0.4 is 14.8 Å². The van der Waals surface area contributed by atoms with E-state index in [9.17, 15) is 4.79 Å². The fraction of sp³-hybridized carbons (Fsp3) is 0.583. The number of ether oxygens (including phenoxy) is 3. The molecule has 1 aromatic rings. The highest BCUT2D eigenvalue weighted by Crippen LogP contribution is 2.50. The summed E-state index contributed by atoms with van der Waals surface area (Å²) >= 11 is 8.32. The number of amides is 1. The number of rotatable bonds is 2. The third-order valence-corrected chi connectivity index (χ3v) is 4.73. The number of carbonyl (C=O) groups is 1. The maximum absolute atomic E-state index is 11.6. The number of halogens is 2. The quantitative estimate of drug-likeness (QED) is 0.774. The smallest absolute Gasteiger partial charge is 0.407 e. The van der Waals surface area contributed by atoms with Gasteiger partial charge in [-0.15, -0.1) is 11.3 Å². The summed E-state index contributed by atoms with van der Waals surface area (Å²) in [6, 6.07) is 0. The topological polar surface area (TPSA) is 56.8 Å². The average molecular weight is 429 g/mol. The van der Waals surface area contributed by atoms with Crippen LogP contribution in [0.1, 0.15) is 20.8 Å². The van der Waals surface area contributed by atoms with Crippen LogP contribution in [0.4, 0.5) is 4.79 Å². The van der Waals surface area contributed by atoms with Crippen molar-refractivity contribution in [3.05, 3.63) is 7.57 Å². The molecule has 8 heteroatoms. The van der Waals surface area contributed by atoms with Crippen molar-refractivity contribution in [3.63, 3.8) is 0 Å². The Kier molecular flexibility index (Phi) is 4.86. The fourth-order valence-electron chi connectivity index (χ4n) is 1.56. The van der Waals surface area contributed by atoms with Crippen LogP contribution in [0.5, 0.6) is 11.5 Å². The molecule has 0 bridgehead atoms. The molecule has 1 unspecified atom stereocenters. The minimum absolute atomic E-state index is 0.243. The van der Waals surface area contributed by atoms with Crippen molar-refractivity contribution in [2.45, 2.75) is 32.5 Å². The lowest BCUT2D eigenvalue weighted by Crippen LogP contribution is -2.42. The highest BCUT2D eigenvalue weighted by atomic mass is 79.9. The number of hydrogen-bond acceptors (Lipinski definition) is 5. The summed E-state index contributed by atoms with van der Waals surface area (Å²) in [6.07, 6.45) is -0.703. The molecule has 0 fully saturated rings. The summed E-state index contributed by atoms with van der Waals surface area (Å²) in [7, 11) is 0. The van der Waals surface area contributed by atoms with Crippen molar-refractivity contribution in [1.82, 2.24) is 5.32 Å². The molecule has 1 N–H and O–H groups in total. The van der Waals surface area contributed by atoms with Crippen LogP contribution >= 0.6 is 43.2 Å². The number of carbonyl (C=O) groups excluding carboxylic acids is 1. The first-order valence-corrected chi connectivity index (χ1v) is 8.40. The molecule has 1 aliphatic heterocycles. The molecule has 0 aliphatic carbocycles. The highest BCUT2D eigenvalue weighted by molar-refractivity contribution is 9.12. The van der Waals surface area contributed by atoms with E-state index >= 15 is 0 Å². The molecule has 1 aromatic heterocycles. The summed E-state index contributed by atoms with van der Waals surface area (Å²) in [5.74, 6) is 1.37. The van der Waals surface area contributed by atoms with Crippen LogP contribution in [0, 0.1) is 0 Å². The lowest BCUT2D eigenvalue weighted by atomic mass is 10.2. The van der Waals surface area contributed by atoms with E-state index < -0.39 is 11.7 Å². The predicted octanol–water partition coefficient (Wildman–Crippen LogP) is 3.94. The van der Waals surface area contributed by atoms with E-state index in [-0.39, 0.29) is 6.10 Å². The molecular formula is C12H15Br2NO4S. The summed E-state index contributed by atoms with van der Waals surface area (Å²) in [6.45, 7) is 6.16. The average Bonchev–Trinajstić information content (AvgIpc) is 2.60. The van der Waals surface area contributed by atoms with E-state index in [0.29, 0.717) is 24.7 Å². The second-order valence-corrected chi connectivity index (χ2v) is 8.90. The first-order chi connectivity index (χ1) is 9.26. The molecule has 0 saturated carbocycles. The minimum atomic E-state index is -0.511. The first-order valence-electron chi connectivity index (χ1n) is 6.00. The zero-order valence-electron chi connectivity index (χ0n) is 11.3. The lowest BCUT2D eigenvalue weighted by Gasteiger charge is -2.26. The molecule has 112 valence electrons. The van der Waals surface area contributed by atoms with Gasteiger partial charge in [0.1, 0.15) is 19.8 Å².